The van der Waals surface area contributed by atoms with Gasteiger partial charge >= 0.3 is 0 Å². The molecule has 2 aromatic rings. The van der Waals surface area contributed by atoms with Gasteiger partial charge in [0.2, 0.25) is 11.6 Å². The van der Waals surface area contributed by atoms with Crippen LogP contribution in [0.25, 0.3) is 0 Å². The maximum absolute atomic E-state index is 14.4. The van der Waals surface area contributed by atoms with Crippen LogP contribution in [0.5, 0.6) is 11.5 Å². The van der Waals surface area contributed by atoms with E-state index in [2.05, 4.69) is 6.92 Å². The molecule has 0 aliphatic rings. The topological polar surface area (TPSA) is 18.5 Å². The fourth-order valence-corrected chi connectivity index (χ4v) is 2.80. The molecule has 154 valence electrons. The molecule has 0 bridgehead atoms. The second-order valence-corrected chi connectivity index (χ2v) is 6.55. The van der Waals surface area contributed by atoms with Crippen molar-refractivity contribution in [1.29, 1.82) is 0 Å². The molecule has 0 aliphatic heterocycles. The van der Waals surface area contributed by atoms with Gasteiger partial charge in [-0.25, -0.2) is 8.78 Å². The summed E-state index contributed by atoms with van der Waals surface area (Å²) in [6.07, 6.45) is 0.266. The van der Waals surface area contributed by atoms with Crippen molar-refractivity contribution in [2.24, 2.45) is 0 Å². The van der Waals surface area contributed by atoms with E-state index < -0.39 is 36.3 Å². The Kier molecular flexibility index (Phi) is 8.61. The quantitative estimate of drug-likeness (QED) is 0.317. The minimum absolute atomic E-state index is 0.171. The monoisotopic (exact) mass is 398 g/mol. The van der Waals surface area contributed by atoms with Crippen LogP contribution < -0.4 is 9.47 Å². The molecule has 0 heterocycles. The van der Waals surface area contributed by atoms with Gasteiger partial charge in [0.05, 0.1) is 6.61 Å². The summed E-state index contributed by atoms with van der Waals surface area (Å²) < 4.78 is 66.2. The summed E-state index contributed by atoms with van der Waals surface area (Å²) in [5, 5.41) is 0. The van der Waals surface area contributed by atoms with Crippen molar-refractivity contribution in [3.8, 4) is 11.5 Å². The normalized spacial score (nSPS) is 13.2. The van der Waals surface area contributed by atoms with Gasteiger partial charge in [0, 0.05) is 0 Å². The SMILES string of the molecule is CCCCCc1ccc(C(F)C(F)COc2ccc(OCC)c(F)c2F)cc1. The highest BCUT2D eigenvalue weighted by Gasteiger charge is 2.24. The van der Waals surface area contributed by atoms with Crippen LogP contribution in [0.3, 0.4) is 0 Å². The summed E-state index contributed by atoms with van der Waals surface area (Å²) in [6.45, 7) is 3.19. The van der Waals surface area contributed by atoms with Gasteiger partial charge in [-0.3, -0.25) is 0 Å². The molecule has 2 aromatic carbocycles. The first-order chi connectivity index (χ1) is 13.5. The van der Waals surface area contributed by atoms with Gasteiger partial charge in [-0.05, 0) is 43.0 Å². The van der Waals surface area contributed by atoms with Crippen molar-refractivity contribution in [3.63, 3.8) is 0 Å². The maximum atomic E-state index is 14.4. The van der Waals surface area contributed by atoms with E-state index in [9.17, 15) is 17.6 Å². The number of hydrogen-bond donors (Lipinski definition) is 0. The third-order valence-corrected chi connectivity index (χ3v) is 4.39. The molecule has 2 unspecified atom stereocenters. The van der Waals surface area contributed by atoms with Crippen molar-refractivity contribution in [2.75, 3.05) is 13.2 Å². The van der Waals surface area contributed by atoms with Crippen LogP contribution in [-0.4, -0.2) is 19.4 Å². The fourth-order valence-electron chi connectivity index (χ4n) is 2.80. The van der Waals surface area contributed by atoms with Crippen molar-refractivity contribution < 1.29 is 27.0 Å². The summed E-state index contributed by atoms with van der Waals surface area (Å²) in [7, 11) is 0. The van der Waals surface area contributed by atoms with E-state index in [-0.39, 0.29) is 17.9 Å². The second kappa shape index (κ2) is 10.9. The molecule has 28 heavy (non-hydrogen) atoms. The lowest BCUT2D eigenvalue weighted by atomic mass is 10.0. The summed E-state index contributed by atoms with van der Waals surface area (Å²) >= 11 is 0. The Hall–Kier alpha value is -2.24. The highest BCUT2D eigenvalue weighted by molar-refractivity contribution is 5.35. The van der Waals surface area contributed by atoms with Gasteiger partial charge in [-0.15, -0.1) is 0 Å². The molecule has 2 atom stereocenters. The van der Waals surface area contributed by atoms with Gasteiger partial charge < -0.3 is 9.47 Å². The van der Waals surface area contributed by atoms with Crippen LogP contribution in [0.2, 0.25) is 0 Å². The maximum Gasteiger partial charge on any atom is 0.204 e. The Morgan fingerprint density at radius 3 is 2.00 bits per heavy atom. The Bertz CT molecular complexity index is 734. The number of alkyl halides is 2. The summed E-state index contributed by atoms with van der Waals surface area (Å²) in [5.41, 5.74) is 1.26. The molecule has 0 aromatic heterocycles. The predicted octanol–water partition coefficient (Wildman–Crippen LogP) is 6.52. The third kappa shape index (κ3) is 5.88. The van der Waals surface area contributed by atoms with Gasteiger partial charge in [-0.1, -0.05) is 44.0 Å². The molecule has 0 spiro atoms. The Balaban J connectivity index is 1.93. The number of ether oxygens (including phenoxy) is 2. The zero-order chi connectivity index (χ0) is 20.5. The van der Waals surface area contributed by atoms with Gasteiger partial charge in [0.1, 0.15) is 6.61 Å². The standard InChI is InChI=1S/C22H26F4O2/c1-3-5-6-7-15-8-10-16(11-9-15)20(24)17(23)14-28-19-13-12-18(27-4-2)21(25)22(19)26/h8-13,17,20H,3-7,14H2,1-2H3. The second-order valence-electron chi connectivity index (χ2n) is 6.55. The first-order valence-electron chi connectivity index (χ1n) is 9.58. The number of rotatable bonds is 11. The van der Waals surface area contributed by atoms with E-state index in [4.69, 9.17) is 9.47 Å². The van der Waals surface area contributed by atoms with E-state index in [1.165, 1.54) is 6.07 Å². The average Bonchev–Trinajstić information content (AvgIpc) is 2.71. The van der Waals surface area contributed by atoms with Gasteiger partial charge in [-0.2, -0.15) is 8.78 Å². The first kappa shape index (κ1) is 22.1. The van der Waals surface area contributed by atoms with Crippen LogP contribution >= 0.6 is 0 Å². The van der Waals surface area contributed by atoms with Crippen molar-refractivity contribution in [1.82, 2.24) is 0 Å². The summed E-state index contributed by atoms with van der Waals surface area (Å²) in [5.74, 6) is -3.25. The molecule has 0 amide bonds. The first-order valence-corrected chi connectivity index (χ1v) is 9.58. The Morgan fingerprint density at radius 2 is 1.43 bits per heavy atom. The van der Waals surface area contributed by atoms with E-state index in [0.717, 1.165) is 37.3 Å². The fraction of sp³-hybridized carbons (Fsp3) is 0.455. The number of benzene rings is 2. The number of aryl methyl sites for hydroxylation is 1. The molecule has 0 saturated heterocycles. The third-order valence-electron chi connectivity index (χ3n) is 4.39. The van der Waals surface area contributed by atoms with Crippen LogP contribution in [0.1, 0.15) is 50.4 Å². The van der Waals surface area contributed by atoms with E-state index >= 15 is 0 Å². The average molecular weight is 398 g/mol. The Labute approximate surface area is 163 Å². The molecule has 0 saturated carbocycles. The molecule has 0 radical (unpaired) electrons. The van der Waals surface area contributed by atoms with Gasteiger partial charge in [0.15, 0.2) is 23.8 Å². The highest BCUT2D eigenvalue weighted by atomic mass is 19.2. The van der Waals surface area contributed by atoms with Gasteiger partial charge in [0.25, 0.3) is 0 Å². The summed E-state index contributed by atoms with van der Waals surface area (Å²) in [4.78, 5) is 0. The summed E-state index contributed by atoms with van der Waals surface area (Å²) in [6, 6.07) is 8.99. The van der Waals surface area contributed by atoms with Crippen molar-refractivity contribution in [2.45, 2.75) is 51.9 Å². The number of hydrogen-bond acceptors (Lipinski definition) is 2. The largest absolute Gasteiger partial charge is 0.491 e. The molecule has 2 rings (SSSR count). The molecule has 6 heteroatoms. The van der Waals surface area contributed by atoms with Crippen molar-refractivity contribution >= 4 is 0 Å². The van der Waals surface area contributed by atoms with Crippen molar-refractivity contribution in [3.05, 3.63) is 59.2 Å². The molecular weight excluding hydrogens is 372 g/mol. The minimum Gasteiger partial charge on any atom is -0.491 e. The zero-order valence-electron chi connectivity index (χ0n) is 16.2. The Morgan fingerprint density at radius 1 is 0.821 bits per heavy atom. The molecule has 0 fully saturated rings. The van der Waals surface area contributed by atoms with Crippen LogP contribution in [0, 0.1) is 11.6 Å². The van der Waals surface area contributed by atoms with E-state index in [1.54, 1.807) is 31.2 Å². The molecule has 2 nitrogen and oxygen atoms in total. The minimum atomic E-state index is -2.01. The van der Waals surface area contributed by atoms with Crippen LogP contribution in [0.4, 0.5) is 17.6 Å². The molecule has 0 aliphatic carbocycles. The zero-order valence-corrected chi connectivity index (χ0v) is 16.2. The van der Waals surface area contributed by atoms with E-state index in [0.29, 0.717) is 0 Å². The molecular formula is C22H26F4O2. The lowest BCUT2D eigenvalue weighted by molar-refractivity contribution is 0.106. The lowest BCUT2D eigenvalue weighted by Gasteiger charge is -2.16. The lowest BCUT2D eigenvalue weighted by Crippen LogP contribution is -2.19. The molecule has 0 N–H and O–H groups in total. The number of halogens is 4. The van der Waals surface area contributed by atoms with Crippen LogP contribution in [-0.2, 0) is 6.42 Å². The van der Waals surface area contributed by atoms with Crippen LogP contribution in [0.15, 0.2) is 36.4 Å². The highest BCUT2D eigenvalue weighted by Crippen LogP contribution is 2.29. The smallest absolute Gasteiger partial charge is 0.204 e. The predicted molar refractivity (Wildman–Crippen MR) is 101 cm³/mol. The van der Waals surface area contributed by atoms with E-state index in [1.807, 2.05) is 0 Å². The number of unbranched alkanes of at least 4 members (excludes halogenated alkanes) is 2.